The van der Waals surface area contributed by atoms with Crippen LogP contribution >= 0.6 is 11.6 Å². The van der Waals surface area contributed by atoms with Crippen molar-refractivity contribution in [3.8, 4) is 0 Å². The minimum atomic E-state index is -0.495. The fourth-order valence-electron chi connectivity index (χ4n) is 2.74. The highest BCUT2D eigenvalue weighted by Crippen LogP contribution is 2.33. The molecule has 3 rings (SSSR count). The summed E-state index contributed by atoms with van der Waals surface area (Å²) >= 11 is 6.00. The molecule has 0 saturated heterocycles. The number of hydrogen-bond acceptors (Lipinski definition) is 3. The van der Waals surface area contributed by atoms with Crippen molar-refractivity contribution in [1.29, 1.82) is 0 Å². The molecule has 1 fully saturated rings. The van der Waals surface area contributed by atoms with E-state index in [4.69, 9.17) is 11.6 Å². The highest BCUT2D eigenvalue weighted by molar-refractivity contribution is 6.30. The Bertz CT molecular complexity index is 884. The third kappa shape index (κ3) is 4.17. The average Bonchev–Trinajstić information content (AvgIpc) is 3.40. The molecular formula is C19H19ClN2O3. The molecule has 1 aliphatic carbocycles. The van der Waals surface area contributed by atoms with Crippen LogP contribution in [0.4, 0.5) is 0 Å². The summed E-state index contributed by atoms with van der Waals surface area (Å²) in [5.74, 6) is -0.0947. The Balaban J connectivity index is 2.00. The van der Waals surface area contributed by atoms with Gasteiger partial charge in [-0.1, -0.05) is 23.7 Å². The van der Waals surface area contributed by atoms with Gasteiger partial charge in [-0.05, 0) is 42.5 Å². The first kappa shape index (κ1) is 17.4. The monoisotopic (exact) mass is 358 g/mol. The van der Waals surface area contributed by atoms with E-state index in [0.29, 0.717) is 22.9 Å². The number of aromatic nitrogens is 1. The third-order valence-electron chi connectivity index (χ3n) is 4.29. The molecule has 5 nitrogen and oxygen atoms in total. The van der Waals surface area contributed by atoms with Gasteiger partial charge in [-0.2, -0.15) is 0 Å². The topological polar surface area (TPSA) is 68.2 Å². The van der Waals surface area contributed by atoms with Gasteiger partial charge >= 0.3 is 0 Å². The molecule has 1 aromatic heterocycles. The van der Waals surface area contributed by atoms with Crippen molar-refractivity contribution in [2.45, 2.75) is 25.8 Å². The quantitative estimate of drug-likeness (QED) is 0.807. The Kier molecular flexibility index (Phi) is 5.04. The highest BCUT2D eigenvalue weighted by atomic mass is 35.5. The van der Waals surface area contributed by atoms with Crippen LogP contribution in [0.2, 0.25) is 5.02 Å². The summed E-state index contributed by atoms with van der Waals surface area (Å²) in [5, 5.41) is 3.02. The zero-order valence-corrected chi connectivity index (χ0v) is 14.7. The van der Waals surface area contributed by atoms with E-state index in [0.717, 1.165) is 18.4 Å². The van der Waals surface area contributed by atoms with Crippen LogP contribution in [0, 0.1) is 5.92 Å². The number of hydrogen-bond donors (Lipinski definition) is 1. The molecule has 0 spiro atoms. The second-order valence-electron chi connectivity index (χ2n) is 6.36. The normalized spacial score (nSPS) is 13.5. The van der Waals surface area contributed by atoms with Crippen LogP contribution in [0.3, 0.4) is 0 Å². The predicted octanol–water partition coefficient (Wildman–Crippen LogP) is 2.89. The van der Waals surface area contributed by atoms with E-state index in [-0.39, 0.29) is 17.9 Å². The van der Waals surface area contributed by atoms with Crippen LogP contribution in [0.15, 0.2) is 41.3 Å². The van der Waals surface area contributed by atoms with Crippen molar-refractivity contribution in [1.82, 2.24) is 9.88 Å². The lowest BCUT2D eigenvalue weighted by Gasteiger charge is -2.11. The molecule has 1 aromatic carbocycles. The molecule has 1 N–H and O–H groups in total. The van der Waals surface area contributed by atoms with Gasteiger partial charge in [0.05, 0.1) is 6.54 Å². The molecule has 0 aliphatic heterocycles. The van der Waals surface area contributed by atoms with Gasteiger partial charge in [0, 0.05) is 30.3 Å². The molecule has 1 aliphatic rings. The van der Waals surface area contributed by atoms with Crippen LogP contribution < -0.4 is 10.9 Å². The van der Waals surface area contributed by atoms with Crippen LogP contribution in [0.1, 0.15) is 45.5 Å². The molecule has 0 atom stereocenters. The van der Waals surface area contributed by atoms with Crippen LogP contribution in [0.25, 0.3) is 0 Å². The maximum Gasteiger partial charge on any atom is 0.263 e. The van der Waals surface area contributed by atoms with Crippen molar-refractivity contribution in [3.05, 3.63) is 68.6 Å². The largest absolute Gasteiger partial charge is 0.355 e. The van der Waals surface area contributed by atoms with Crippen molar-refractivity contribution in [2.24, 2.45) is 5.92 Å². The maximum absolute atomic E-state index is 12.6. The zero-order chi connectivity index (χ0) is 18.0. The summed E-state index contributed by atoms with van der Waals surface area (Å²) in [5.41, 5.74) is 0.768. The van der Waals surface area contributed by atoms with Crippen molar-refractivity contribution < 1.29 is 9.59 Å². The fourth-order valence-corrected chi connectivity index (χ4v) is 2.95. The van der Waals surface area contributed by atoms with E-state index in [2.05, 4.69) is 5.32 Å². The van der Waals surface area contributed by atoms with Crippen molar-refractivity contribution in [3.63, 3.8) is 0 Å². The van der Waals surface area contributed by atoms with Gasteiger partial charge in [-0.25, -0.2) is 0 Å². The van der Waals surface area contributed by atoms with Crippen LogP contribution in [-0.2, 0) is 6.54 Å². The Morgan fingerprint density at radius 1 is 1.28 bits per heavy atom. The molecule has 1 saturated carbocycles. The van der Waals surface area contributed by atoms with Gasteiger partial charge in [0.2, 0.25) is 0 Å². The summed E-state index contributed by atoms with van der Waals surface area (Å²) in [6, 6.07) is 8.55. The van der Waals surface area contributed by atoms with Crippen molar-refractivity contribution in [2.75, 3.05) is 7.05 Å². The molecule has 0 radical (unpaired) electrons. The minimum Gasteiger partial charge on any atom is -0.355 e. The number of amides is 1. The smallest absolute Gasteiger partial charge is 0.263 e. The van der Waals surface area contributed by atoms with Crippen LogP contribution in [0.5, 0.6) is 0 Å². The maximum atomic E-state index is 12.6. The van der Waals surface area contributed by atoms with Crippen LogP contribution in [-0.4, -0.2) is 23.3 Å². The number of Topliss-reactive ketones (excluding diaryl/α,β-unsaturated/α-hetero) is 1. The van der Waals surface area contributed by atoms with E-state index >= 15 is 0 Å². The first-order chi connectivity index (χ1) is 12.0. The van der Waals surface area contributed by atoms with E-state index in [1.807, 2.05) is 6.07 Å². The van der Waals surface area contributed by atoms with Gasteiger partial charge < -0.3 is 9.88 Å². The van der Waals surface area contributed by atoms with E-state index in [9.17, 15) is 14.4 Å². The number of carbonyl (C=O) groups excluding carboxylic acids is 2. The predicted molar refractivity (Wildman–Crippen MR) is 96.3 cm³/mol. The second-order valence-corrected chi connectivity index (χ2v) is 6.79. The second kappa shape index (κ2) is 7.23. The Labute approximate surface area is 150 Å². The highest BCUT2D eigenvalue weighted by Gasteiger charge is 2.26. The number of rotatable bonds is 6. The molecular weight excluding hydrogens is 340 g/mol. The number of benzene rings is 1. The molecule has 6 heteroatoms. The summed E-state index contributed by atoms with van der Waals surface area (Å²) in [6.07, 6.45) is 4.13. The van der Waals surface area contributed by atoms with E-state index in [1.54, 1.807) is 24.4 Å². The zero-order valence-electron chi connectivity index (χ0n) is 13.9. The lowest BCUT2D eigenvalue weighted by Crippen LogP contribution is -2.32. The summed E-state index contributed by atoms with van der Waals surface area (Å²) in [4.78, 5) is 37.1. The number of carbonyl (C=O) groups is 2. The molecule has 1 amide bonds. The summed E-state index contributed by atoms with van der Waals surface area (Å²) < 4.78 is 1.40. The van der Waals surface area contributed by atoms with Crippen molar-refractivity contribution >= 4 is 23.3 Å². The van der Waals surface area contributed by atoms with Gasteiger partial charge in [0.1, 0.15) is 5.56 Å². The first-order valence-electron chi connectivity index (χ1n) is 8.22. The molecule has 0 bridgehead atoms. The van der Waals surface area contributed by atoms with E-state index in [1.165, 1.54) is 17.7 Å². The lowest BCUT2D eigenvalue weighted by atomic mass is 10.0. The Morgan fingerprint density at radius 2 is 2.04 bits per heavy atom. The van der Waals surface area contributed by atoms with Gasteiger partial charge in [-0.15, -0.1) is 0 Å². The number of nitrogens with one attached hydrogen (secondary N) is 1. The minimum absolute atomic E-state index is 0.0221. The van der Waals surface area contributed by atoms with Gasteiger partial charge in [-0.3, -0.25) is 14.4 Å². The van der Waals surface area contributed by atoms with E-state index < -0.39 is 11.5 Å². The standard InChI is InChI=1S/C19H19ClN2O3/c1-21-18(24)16-9-14(17(23)8-12-5-6-12)11-22(19(16)25)10-13-3-2-4-15(20)7-13/h2-4,7,9,11-12H,5-6,8,10H2,1H3,(H,21,24). The molecule has 25 heavy (non-hydrogen) atoms. The lowest BCUT2D eigenvalue weighted by molar-refractivity contribution is 0.0961. The first-order valence-corrected chi connectivity index (χ1v) is 8.60. The fraction of sp³-hybridized carbons (Fsp3) is 0.316. The molecule has 0 unspecified atom stereocenters. The average molecular weight is 359 g/mol. The Hall–Kier alpha value is -2.40. The van der Waals surface area contributed by atoms with Gasteiger partial charge in [0.25, 0.3) is 11.5 Å². The number of halogens is 1. The third-order valence-corrected chi connectivity index (χ3v) is 4.53. The number of pyridine rings is 1. The molecule has 130 valence electrons. The number of ketones is 1. The Morgan fingerprint density at radius 3 is 2.68 bits per heavy atom. The molecule has 2 aromatic rings. The number of nitrogens with zero attached hydrogens (tertiary/aromatic N) is 1. The van der Waals surface area contributed by atoms with Gasteiger partial charge in [0.15, 0.2) is 5.78 Å². The SMILES string of the molecule is CNC(=O)c1cc(C(=O)CC2CC2)cn(Cc2cccc(Cl)c2)c1=O. The summed E-state index contributed by atoms with van der Waals surface area (Å²) in [6.45, 7) is 0.244. The molecule has 1 heterocycles. The summed E-state index contributed by atoms with van der Waals surface area (Å²) in [7, 11) is 1.46.